The molecule has 112 valence electrons. The van der Waals surface area contributed by atoms with Crippen molar-refractivity contribution >= 4 is 16.5 Å². The van der Waals surface area contributed by atoms with Crippen LogP contribution < -0.4 is 23.0 Å². The van der Waals surface area contributed by atoms with Gasteiger partial charge in [-0.3, -0.25) is 16.5 Å². The molecule has 0 radical (unpaired) electrons. The molecule has 0 aliphatic carbocycles. The van der Waals surface area contributed by atoms with Crippen LogP contribution in [-0.4, -0.2) is 10.1 Å². The first-order valence-electron chi connectivity index (χ1n) is 6.82. The van der Waals surface area contributed by atoms with Gasteiger partial charge in [0.25, 0.3) is 5.56 Å². The van der Waals surface area contributed by atoms with E-state index >= 15 is 0 Å². The van der Waals surface area contributed by atoms with Gasteiger partial charge in [-0.05, 0) is 29.3 Å². The average Bonchev–Trinajstić information content (AvgIpc) is 2.48. The summed E-state index contributed by atoms with van der Waals surface area (Å²) in [4.78, 5) is 14.7. The van der Waals surface area contributed by atoms with E-state index in [0.717, 1.165) is 27.2 Å². The monoisotopic (exact) mass is 295 g/mol. The molecule has 0 spiro atoms. The van der Waals surface area contributed by atoms with Gasteiger partial charge in [-0.25, -0.2) is 0 Å². The minimum absolute atomic E-state index is 0.155. The van der Waals surface area contributed by atoms with Crippen molar-refractivity contribution in [3.05, 3.63) is 64.6 Å². The fourth-order valence-electron chi connectivity index (χ4n) is 2.62. The molecule has 6 heteroatoms. The van der Waals surface area contributed by atoms with Crippen LogP contribution in [-0.2, 0) is 6.54 Å². The van der Waals surface area contributed by atoms with Gasteiger partial charge in [0.2, 0.25) is 0 Å². The number of rotatable bonds is 3. The number of hydrogen-bond acceptors (Lipinski definition) is 5. The summed E-state index contributed by atoms with van der Waals surface area (Å²) in [5.41, 5.74) is 9.28. The van der Waals surface area contributed by atoms with Crippen LogP contribution in [0.4, 0.5) is 5.69 Å². The summed E-state index contributed by atoms with van der Waals surface area (Å²) in [5.74, 6) is 11.0. The van der Waals surface area contributed by atoms with Crippen molar-refractivity contribution in [1.29, 1.82) is 0 Å². The molecule has 0 unspecified atom stereocenters. The first-order valence-corrected chi connectivity index (χ1v) is 6.82. The number of anilines is 1. The number of hydrazine groups is 2. The molecular weight excluding hydrogens is 278 g/mol. The maximum Gasteiger partial charge on any atom is 0.255 e. The molecule has 1 heterocycles. The Hall–Kier alpha value is -2.67. The Morgan fingerprint density at radius 1 is 1.09 bits per heavy atom. The number of fused-ring (bicyclic) bond motifs is 1. The number of nitrogens with two attached hydrogens (primary N) is 3. The third-order valence-electron chi connectivity index (χ3n) is 3.56. The van der Waals surface area contributed by atoms with Crippen molar-refractivity contribution in [2.75, 3.05) is 5.73 Å². The Morgan fingerprint density at radius 3 is 2.64 bits per heavy atom. The second kappa shape index (κ2) is 5.61. The minimum atomic E-state index is -0.155. The highest BCUT2D eigenvalue weighted by atomic mass is 16.1. The fraction of sp³-hybridized carbons (Fsp3) is 0.0625. The minimum Gasteiger partial charge on any atom is -0.398 e. The summed E-state index contributed by atoms with van der Waals surface area (Å²) < 4.78 is 0. The van der Waals surface area contributed by atoms with Gasteiger partial charge in [0.15, 0.2) is 0 Å². The van der Waals surface area contributed by atoms with Gasteiger partial charge in [-0.15, -0.1) is 0 Å². The number of aromatic amines is 1. The van der Waals surface area contributed by atoms with Gasteiger partial charge in [-0.2, -0.15) is 5.12 Å². The summed E-state index contributed by atoms with van der Waals surface area (Å²) in [6.07, 6.45) is 1.68. The van der Waals surface area contributed by atoms with Crippen molar-refractivity contribution in [2.45, 2.75) is 6.54 Å². The maximum atomic E-state index is 12.0. The first-order chi connectivity index (χ1) is 10.6. The van der Waals surface area contributed by atoms with E-state index in [0.29, 0.717) is 17.6 Å². The largest absolute Gasteiger partial charge is 0.398 e. The third kappa shape index (κ3) is 2.58. The van der Waals surface area contributed by atoms with E-state index in [2.05, 4.69) is 4.98 Å². The summed E-state index contributed by atoms with van der Waals surface area (Å²) in [6.45, 7) is 0.421. The summed E-state index contributed by atoms with van der Waals surface area (Å²) in [5, 5.41) is 2.45. The molecule has 0 saturated heterocycles. The van der Waals surface area contributed by atoms with E-state index in [9.17, 15) is 4.79 Å². The molecule has 0 fully saturated rings. The molecule has 0 bridgehead atoms. The Labute approximate surface area is 127 Å². The lowest BCUT2D eigenvalue weighted by Crippen LogP contribution is -2.36. The second-order valence-corrected chi connectivity index (χ2v) is 5.17. The summed E-state index contributed by atoms with van der Waals surface area (Å²) in [6, 6.07) is 13.1. The van der Waals surface area contributed by atoms with E-state index in [1.807, 2.05) is 24.3 Å². The number of nitrogen functional groups attached to an aromatic ring is 1. The Morgan fingerprint density at radius 2 is 1.86 bits per heavy atom. The molecule has 0 amide bonds. The molecule has 22 heavy (non-hydrogen) atoms. The number of H-pyrrole nitrogens is 1. The predicted molar refractivity (Wildman–Crippen MR) is 88.3 cm³/mol. The second-order valence-electron chi connectivity index (χ2n) is 5.17. The van der Waals surface area contributed by atoms with E-state index in [4.69, 9.17) is 17.4 Å². The van der Waals surface area contributed by atoms with Gasteiger partial charge in [-0.1, -0.05) is 24.3 Å². The van der Waals surface area contributed by atoms with Gasteiger partial charge in [0, 0.05) is 28.2 Å². The molecule has 6 nitrogen and oxygen atoms in total. The van der Waals surface area contributed by atoms with Crippen molar-refractivity contribution in [2.24, 2.45) is 11.7 Å². The average molecular weight is 295 g/mol. The molecule has 3 rings (SSSR count). The van der Waals surface area contributed by atoms with E-state index in [1.165, 1.54) is 0 Å². The Kier molecular flexibility index (Phi) is 3.64. The molecule has 0 atom stereocenters. The lowest BCUT2D eigenvalue weighted by Gasteiger charge is -2.12. The molecule has 0 aliphatic rings. The van der Waals surface area contributed by atoms with Crippen LogP contribution >= 0.6 is 0 Å². The highest BCUT2D eigenvalue weighted by molar-refractivity contribution is 6.03. The highest BCUT2D eigenvalue weighted by Gasteiger charge is 2.10. The Balaban J connectivity index is 2.23. The SMILES string of the molecule is Nc1cccc2c(=O)[nH]cc(-c3cccc(CN(N)N)c3)c12. The zero-order chi connectivity index (χ0) is 15.7. The maximum absolute atomic E-state index is 12.0. The van der Waals surface area contributed by atoms with E-state index < -0.39 is 0 Å². The van der Waals surface area contributed by atoms with Crippen molar-refractivity contribution < 1.29 is 0 Å². The van der Waals surface area contributed by atoms with Crippen LogP contribution in [0.3, 0.4) is 0 Å². The quantitative estimate of drug-likeness (QED) is 0.330. The molecule has 2 aromatic carbocycles. The van der Waals surface area contributed by atoms with Crippen LogP contribution in [0.25, 0.3) is 21.9 Å². The topological polar surface area (TPSA) is 114 Å². The Bertz CT molecular complexity index is 885. The number of aromatic nitrogens is 1. The van der Waals surface area contributed by atoms with Crippen LogP contribution in [0.5, 0.6) is 0 Å². The van der Waals surface area contributed by atoms with Gasteiger partial charge >= 0.3 is 0 Å². The number of nitrogens with zero attached hydrogens (tertiary/aromatic N) is 1. The predicted octanol–water partition coefficient (Wildman–Crippen LogP) is 1.33. The van der Waals surface area contributed by atoms with E-state index in [-0.39, 0.29) is 5.56 Å². The van der Waals surface area contributed by atoms with Crippen LogP contribution in [0, 0.1) is 0 Å². The molecule has 7 N–H and O–H groups in total. The van der Waals surface area contributed by atoms with E-state index in [1.54, 1.807) is 24.4 Å². The number of nitrogens with one attached hydrogen (secondary N) is 1. The number of hydrogen-bond donors (Lipinski definition) is 4. The van der Waals surface area contributed by atoms with Crippen LogP contribution in [0.1, 0.15) is 5.56 Å². The molecular formula is C16H17N5O. The zero-order valence-corrected chi connectivity index (χ0v) is 11.9. The lowest BCUT2D eigenvalue weighted by atomic mass is 9.98. The summed E-state index contributed by atoms with van der Waals surface area (Å²) >= 11 is 0. The molecule has 0 aliphatic heterocycles. The third-order valence-corrected chi connectivity index (χ3v) is 3.56. The van der Waals surface area contributed by atoms with Crippen LogP contribution in [0.15, 0.2) is 53.5 Å². The van der Waals surface area contributed by atoms with Gasteiger partial charge in [0.1, 0.15) is 0 Å². The van der Waals surface area contributed by atoms with Crippen molar-refractivity contribution in [1.82, 2.24) is 10.1 Å². The number of benzene rings is 2. The fourth-order valence-corrected chi connectivity index (χ4v) is 2.62. The van der Waals surface area contributed by atoms with Gasteiger partial charge < -0.3 is 10.7 Å². The van der Waals surface area contributed by atoms with Crippen molar-refractivity contribution in [3.63, 3.8) is 0 Å². The van der Waals surface area contributed by atoms with Gasteiger partial charge in [0.05, 0.1) is 6.54 Å². The lowest BCUT2D eigenvalue weighted by molar-refractivity contribution is 0.285. The zero-order valence-electron chi connectivity index (χ0n) is 11.9. The number of pyridine rings is 1. The normalized spacial score (nSPS) is 11.2. The summed E-state index contributed by atoms with van der Waals surface area (Å²) in [7, 11) is 0. The smallest absolute Gasteiger partial charge is 0.255 e. The van der Waals surface area contributed by atoms with Crippen LogP contribution in [0.2, 0.25) is 0 Å². The van der Waals surface area contributed by atoms with Crippen molar-refractivity contribution in [3.8, 4) is 11.1 Å². The first kappa shape index (κ1) is 14.3. The molecule has 0 saturated carbocycles. The molecule has 3 aromatic rings. The standard InChI is InChI=1S/C16H17N5O/c17-14-6-2-5-12-15(14)13(8-20-16(12)22)11-4-1-3-10(7-11)9-21(18)19/h1-8H,9,17-19H2,(H,20,22). The molecule has 1 aromatic heterocycles. The highest BCUT2D eigenvalue weighted by Crippen LogP contribution is 2.30.